The third-order valence-corrected chi connectivity index (χ3v) is 6.03. The van der Waals surface area contributed by atoms with E-state index in [1.54, 1.807) is 0 Å². The molecule has 0 bridgehead atoms. The molecule has 1 aromatic carbocycles. The van der Waals surface area contributed by atoms with Crippen LogP contribution >= 0.6 is 37.2 Å². The van der Waals surface area contributed by atoms with E-state index >= 15 is 0 Å². The van der Waals surface area contributed by atoms with Crippen LogP contribution in [-0.4, -0.2) is 65.9 Å². The van der Waals surface area contributed by atoms with Crippen LogP contribution in [0, 0.1) is 12.3 Å². The number of hydrogen-bond donors (Lipinski definition) is 3. The molecule has 1 aliphatic carbocycles. The molecular weight excluding hydrogens is 533 g/mol. The quantitative estimate of drug-likeness (QED) is 0.301. The van der Waals surface area contributed by atoms with Gasteiger partial charge in [0.15, 0.2) is 0 Å². The number of nitrogens with two attached hydrogens (primary N) is 1. The Morgan fingerprint density at radius 2 is 1.81 bits per heavy atom. The lowest BCUT2D eigenvalue weighted by Crippen LogP contribution is -2.38. The van der Waals surface area contributed by atoms with E-state index in [9.17, 15) is 4.79 Å². The molecule has 37 heavy (non-hydrogen) atoms. The molecule has 0 radical (unpaired) electrons. The number of halogens is 3. The fourth-order valence-corrected chi connectivity index (χ4v) is 4.10. The van der Waals surface area contributed by atoms with Crippen LogP contribution in [0.2, 0.25) is 0 Å². The van der Waals surface area contributed by atoms with Gasteiger partial charge in [-0.2, -0.15) is 0 Å². The highest BCUT2D eigenvalue weighted by atomic mass is 35.5. The fraction of sp³-hybridized carbons (Fsp3) is 0.615. The molecular formula is C26H44Cl3N7O. The predicted molar refractivity (Wildman–Crippen MR) is 162 cm³/mol. The highest BCUT2D eigenvalue weighted by Crippen LogP contribution is 2.28. The van der Waals surface area contributed by atoms with Crippen LogP contribution in [0.1, 0.15) is 69.1 Å². The summed E-state index contributed by atoms with van der Waals surface area (Å²) in [6.07, 6.45) is 4.99. The van der Waals surface area contributed by atoms with Gasteiger partial charge in [0.05, 0.1) is 17.4 Å². The second-order valence-corrected chi connectivity index (χ2v) is 10.9. The number of hydrogen-bond acceptors (Lipinski definition) is 6. The van der Waals surface area contributed by atoms with E-state index in [0.717, 1.165) is 55.1 Å². The van der Waals surface area contributed by atoms with Gasteiger partial charge in [-0.15, -0.1) is 37.2 Å². The first-order chi connectivity index (χ1) is 16.0. The van der Waals surface area contributed by atoms with Crippen LogP contribution in [0.4, 0.5) is 5.82 Å². The molecule has 0 spiro atoms. The summed E-state index contributed by atoms with van der Waals surface area (Å²) in [5, 5.41) is 7.52. The number of nitrogens with zero attached hydrogens (tertiary/aromatic N) is 4. The molecule has 0 unspecified atom stereocenters. The number of carbonyl (C=O) groups is 1. The molecule has 3 rings (SSSR count). The zero-order valence-corrected chi connectivity index (χ0v) is 25.3. The van der Waals surface area contributed by atoms with Crippen molar-refractivity contribution in [1.82, 2.24) is 20.2 Å². The van der Waals surface area contributed by atoms with Gasteiger partial charge < -0.3 is 21.3 Å². The van der Waals surface area contributed by atoms with Crippen molar-refractivity contribution in [1.29, 1.82) is 0 Å². The largest absolute Gasteiger partial charge is 0.387 e. The number of amidine groups is 1. The maximum Gasteiger partial charge on any atom is 0.289 e. The zero-order valence-electron chi connectivity index (χ0n) is 22.8. The first kappa shape index (κ1) is 35.1. The third kappa shape index (κ3) is 10.8. The Morgan fingerprint density at radius 3 is 2.46 bits per heavy atom. The fourth-order valence-electron chi connectivity index (χ4n) is 4.10. The Labute approximate surface area is 240 Å². The summed E-state index contributed by atoms with van der Waals surface area (Å²) >= 11 is 0. The van der Waals surface area contributed by atoms with Crippen LogP contribution in [0.3, 0.4) is 0 Å². The molecule has 11 heteroatoms. The number of rotatable bonds is 8. The molecule has 4 N–H and O–H groups in total. The van der Waals surface area contributed by atoms with E-state index in [0.29, 0.717) is 18.2 Å². The van der Waals surface area contributed by atoms with Gasteiger partial charge in [0, 0.05) is 30.9 Å². The van der Waals surface area contributed by atoms with Gasteiger partial charge in [0.2, 0.25) is 5.82 Å². The van der Waals surface area contributed by atoms with Crippen molar-refractivity contribution in [2.45, 2.75) is 71.9 Å². The summed E-state index contributed by atoms with van der Waals surface area (Å²) in [6.45, 7) is 9.72. The lowest BCUT2D eigenvalue weighted by Gasteiger charge is -2.31. The number of benzene rings is 1. The molecule has 1 saturated carbocycles. The van der Waals surface area contributed by atoms with E-state index in [-0.39, 0.29) is 66.5 Å². The number of anilines is 1. The Balaban J connectivity index is 0.00000432. The van der Waals surface area contributed by atoms with Crippen LogP contribution in [0.5, 0.6) is 0 Å². The summed E-state index contributed by atoms with van der Waals surface area (Å²) in [4.78, 5) is 29.1. The number of nitrogens with one attached hydrogen (secondary N) is 2. The van der Waals surface area contributed by atoms with E-state index in [1.807, 2.05) is 33.2 Å². The highest BCUT2D eigenvalue weighted by molar-refractivity contribution is 5.96. The van der Waals surface area contributed by atoms with E-state index in [1.165, 1.54) is 0 Å². The van der Waals surface area contributed by atoms with E-state index < -0.39 is 0 Å². The first-order valence-corrected chi connectivity index (χ1v) is 12.3. The minimum absolute atomic E-state index is 0. The second-order valence-electron chi connectivity index (χ2n) is 10.9. The maximum atomic E-state index is 12.9. The van der Waals surface area contributed by atoms with Gasteiger partial charge in [-0.3, -0.25) is 9.79 Å². The summed E-state index contributed by atoms with van der Waals surface area (Å²) in [7, 11) is 4.07. The smallest absolute Gasteiger partial charge is 0.289 e. The van der Waals surface area contributed by atoms with Crippen LogP contribution in [-0.2, 0) is 0 Å². The number of aromatic nitrogens is 2. The van der Waals surface area contributed by atoms with Gasteiger partial charge in [-0.05, 0) is 51.4 Å². The lowest BCUT2D eigenvalue weighted by molar-refractivity contribution is 0.0929. The van der Waals surface area contributed by atoms with E-state index in [2.05, 4.69) is 52.3 Å². The average Bonchev–Trinajstić information content (AvgIpc) is 2.77. The summed E-state index contributed by atoms with van der Waals surface area (Å²) in [6, 6.07) is 6.23. The van der Waals surface area contributed by atoms with Crippen molar-refractivity contribution < 1.29 is 4.79 Å². The Bertz CT molecular complexity index is 1040. The zero-order chi connectivity index (χ0) is 24.9. The van der Waals surface area contributed by atoms with Crippen molar-refractivity contribution >= 4 is 65.7 Å². The number of amides is 1. The molecule has 0 aliphatic heterocycles. The molecule has 1 amide bonds. The molecule has 1 fully saturated rings. The Kier molecular flexibility index (Phi) is 14.7. The van der Waals surface area contributed by atoms with Gasteiger partial charge in [-0.1, -0.05) is 45.2 Å². The molecule has 1 aromatic heterocycles. The van der Waals surface area contributed by atoms with Crippen molar-refractivity contribution in [2.75, 3.05) is 32.5 Å². The number of aliphatic imine (C=N–C) groups is 1. The molecule has 2 atom stereocenters. The van der Waals surface area contributed by atoms with Gasteiger partial charge in [0.25, 0.3) is 5.91 Å². The molecule has 8 nitrogen and oxygen atoms in total. The number of carbonyl (C=O) groups excluding carboxylic acids is 1. The van der Waals surface area contributed by atoms with Crippen LogP contribution in [0.15, 0.2) is 23.2 Å². The third-order valence-electron chi connectivity index (χ3n) is 6.03. The van der Waals surface area contributed by atoms with Crippen molar-refractivity contribution in [3.63, 3.8) is 0 Å². The summed E-state index contributed by atoms with van der Waals surface area (Å²) in [5.41, 5.74) is 8.12. The van der Waals surface area contributed by atoms with Crippen LogP contribution < -0.4 is 16.4 Å². The topological polar surface area (TPSA) is 109 Å². The monoisotopic (exact) mass is 575 g/mol. The van der Waals surface area contributed by atoms with Crippen molar-refractivity contribution in [2.24, 2.45) is 16.1 Å². The summed E-state index contributed by atoms with van der Waals surface area (Å²) < 4.78 is 0. The Morgan fingerprint density at radius 1 is 1.14 bits per heavy atom. The van der Waals surface area contributed by atoms with Crippen molar-refractivity contribution in [3.05, 3.63) is 29.6 Å². The predicted octanol–water partition coefficient (Wildman–Crippen LogP) is 5.01. The number of aryl methyl sites for hydroxylation is 1. The highest BCUT2D eigenvalue weighted by Gasteiger charge is 2.27. The van der Waals surface area contributed by atoms with Gasteiger partial charge in [0.1, 0.15) is 5.82 Å². The Hall–Kier alpha value is -1.87. The standard InChI is InChI=1S/C26H41N7O.3ClH/c1-17-11-12-19-18(15-17)23(32-24(30-19)25(34)28-16-26(2,3)4)31-21-10-8-7-9-20(21)29-22(27)13-14-33(5)6;;;/h11-12,15,20-21H,7-10,13-14,16H2,1-6H3,(H2,27,29)(H,28,34)(H,30,31,32);3*1H/t20-,21+;;;/m1.../s1. The molecule has 210 valence electrons. The van der Waals surface area contributed by atoms with Gasteiger partial charge in [-0.25, -0.2) is 9.97 Å². The van der Waals surface area contributed by atoms with Gasteiger partial charge >= 0.3 is 0 Å². The minimum Gasteiger partial charge on any atom is -0.387 e. The number of fused-ring (bicyclic) bond motifs is 1. The maximum absolute atomic E-state index is 12.9. The average molecular weight is 577 g/mol. The van der Waals surface area contributed by atoms with E-state index in [4.69, 9.17) is 10.7 Å². The normalized spacial score (nSPS) is 17.9. The SMILES string of the molecule is Cc1ccc2nc(C(=O)NCC(C)(C)C)nc(N[C@H]3CCCC[C@H]3N=C(N)CCN(C)C)c2c1.Cl.Cl.Cl. The molecule has 2 aromatic rings. The summed E-state index contributed by atoms with van der Waals surface area (Å²) in [5.74, 6) is 1.31. The molecule has 0 saturated heterocycles. The first-order valence-electron chi connectivity index (χ1n) is 12.3. The van der Waals surface area contributed by atoms with Crippen molar-refractivity contribution in [3.8, 4) is 0 Å². The molecule has 1 heterocycles. The minimum atomic E-state index is -0.258. The van der Waals surface area contributed by atoms with Crippen LogP contribution in [0.25, 0.3) is 10.9 Å². The lowest BCUT2D eigenvalue weighted by atomic mass is 9.90. The second kappa shape index (κ2) is 15.5. The molecule has 1 aliphatic rings.